The number of benzene rings is 1. The van der Waals surface area contributed by atoms with Crippen LogP contribution in [0.15, 0.2) is 30.8 Å². The smallest absolute Gasteiger partial charge is 0.406 e. The van der Waals surface area contributed by atoms with E-state index in [2.05, 4.69) is 11.3 Å². The van der Waals surface area contributed by atoms with Crippen LogP contribution < -0.4 is 4.74 Å². The van der Waals surface area contributed by atoms with Gasteiger partial charge in [-0.25, -0.2) is 0 Å². The molecule has 1 heterocycles. The predicted octanol–water partition coefficient (Wildman–Crippen LogP) is 3.47. The highest BCUT2D eigenvalue weighted by molar-refractivity contribution is 5.63. The van der Waals surface area contributed by atoms with Crippen molar-refractivity contribution in [2.45, 2.75) is 19.2 Å². The van der Waals surface area contributed by atoms with E-state index >= 15 is 0 Å². The Kier molecular flexibility index (Phi) is 4.55. The molecule has 1 aliphatic rings. The number of ether oxygens (including phenoxy) is 1. The van der Waals surface area contributed by atoms with Crippen molar-refractivity contribution in [2.24, 2.45) is 5.92 Å². The average Bonchev–Trinajstić information content (AvgIpc) is 2.46. The van der Waals surface area contributed by atoms with Crippen LogP contribution in [-0.4, -0.2) is 30.6 Å². The summed E-state index contributed by atoms with van der Waals surface area (Å²) in [7, 11) is 0. The molecule has 6 heteroatoms. The minimum atomic E-state index is -4.69. The fraction of sp³-hybridized carbons (Fsp3) is 0.400. The number of alkyl halides is 3. The summed E-state index contributed by atoms with van der Waals surface area (Å²) in [5.74, 6) is -0.271. The first-order chi connectivity index (χ1) is 9.89. The maximum Gasteiger partial charge on any atom is 0.573 e. The Morgan fingerprint density at radius 3 is 2.57 bits per heavy atom. The Morgan fingerprint density at radius 1 is 1.33 bits per heavy atom. The number of aldehydes is 1. The summed E-state index contributed by atoms with van der Waals surface area (Å²) in [6, 6.07) is 5.59. The molecule has 0 saturated carbocycles. The van der Waals surface area contributed by atoms with Gasteiger partial charge >= 0.3 is 6.36 Å². The number of halogens is 3. The first kappa shape index (κ1) is 15.4. The number of hydrogen-bond acceptors (Lipinski definition) is 3. The Hall–Kier alpha value is -1.98. The van der Waals surface area contributed by atoms with Gasteiger partial charge in [-0.1, -0.05) is 6.58 Å². The van der Waals surface area contributed by atoms with Crippen LogP contribution in [0.25, 0.3) is 5.70 Å². The molecule has 1 aromatic carbocycles. The molecule has 21 heavy (non-hydrogen) atoms. The molecule has 0 aromatic heterocycles. The lowest BCUT2D eigenvalue weighted by atomic mass is 9.98. The zero-order chi connectivity index (χ0) is 15.5. The third kappa shape index (κ3) is 4.24. The highest BCUT2D eigenvalue weighted by Gasteiger charge is 2.31. The van der Waals surface area contributed by atoms with Gasteiger partial charge in [0.25, 0.3) is 0 Å². The third-order valence-electron chi connectivity index (χ3n) is 3.45. The van der Waals surface area contributed by atoms with Gasteiger partial charge in [0.1, 0.15) is 12.0 Å². The Morgan fingerprint density at radius 2 is 2.00 bits per heavy atom. The number of rotatable bonds is 4. The van der Waals surface area contributed by atoms with Crippen molar-refractivity contribution in [2.75, 3.05) is 13.1 Å². The molecule has 1 aliphatic heterocycles. The van der Waals surface area contributed by atoms with Gasteiger partial charge in [-0.05, 0) is 42.7 Å². The second-order valence-electron chi connectivity index (χ2n) is 5.00. The SMILES string of the molecule is C=C(c1ccc(OC(F)(F)F)cc1)N1CCCC(C=O)C1. The van der Waals surface area contributed by atoms with E-state index in [9.17, 15) is 18.0 Å². The van der Waals surface area contributed by atoms with E-state index in [1.54, 1.807) is 0 Å². The lowest BCUT2D eigenvalue weighted by molar-refractivity contribution is -0.274. The molecule has 1 unspecified atom stereocenters. The lowest BCUT2D eigenvalue weighted by Gasteiger charge is -2.33. The molecule has 0 N–H and O–H groups in total. The van der Waals surface area contributed by atoms with Crippen LogP contribution in [0.3, 0.4) is 0 Å². The van der Waals surface area contributed by atoms with Gasteiger partial charge in [-0.15, -0.1) is 13.2 Å². The molecular formula is C15H16F3NO2. The number of nitrogens with zero attached hydrogens (tertiary/aromatic N) is 1. The van der Waals surface area contributed by atoms with Gasteiger partial charge in [-0.2, -0.15) is 0 Å². The fourth-order valence-electron chi connectivity index (χ4n) is 2.40. The van der Waals surface area contributed by atoms with Gasteiger partial charge < -0.3 is 14.4 Å². The second kappa shape index (κ2) is 6.20. The molecule has 0 radical (unpaired) electrons. The van der Waals surface area contributed by atoms with Crippen LogP contribution in [0.2, 0.25) is 0 Å². The molecule has 0 spiro atoms. The molecule has 1 saturated heterocycles. The molecule has 3 nitrogen and oxygen atoms in total. The van der Waals surface area contributed by atoms with Crippen LogP contribution in [0.1, 0.15) is 18.4 Å². The minimum Gasteiger partial charge on any atom is -0.406 e. The molecule has 1 fully saturated rings. The van der Waals surface area contributed by atoms with E-state index in [0.29, 0.717) is 12.2 Å². The summed E-state index contributed by atoms with van der Waals surface area (Å²) in [6.07, 6.45) is -1.98. The normalized spacial score (nSPS) is 19.2. The van der Waals surface area contributed by atoms with Crippen LogP contribution in [0, 0.1) is 5.92 Å². The largest absolute Gasteiger partial charge is 0.573 e. The van der Waals surface area contributed by atoms with Crippen LogP contribution in [-0.2, 0) is 4.79 Å². The maximum absolute atomic E-state index is 12.1. The second-order valence-corrected chi connectivity index (χ2v) is 5.00. The molecule has 1 aromatic rings. The van der Waals surface area contributed by atoms with E-state index in [1.165, 1.54) is 24.3 Å². The third-order valence-corrected chi connectivity index (χ3v) is 3.45. The van der Waals surface area contributed by atoms with E-state index in [-0.39, 0.29) is 11.7 Å². The van der Waals surface area contributed by atoms with E-state index in [4.69, 9.17) is 0 Å². The minimum absolute atomic E-state index is 0.0108. The van der Waals surface area contributed by atoms with Crippen molar-refractivity contribution >= 4 is 12.0 Å². The van der Waals surface area contributed by atoms with Crippen LogP contribution in [0.4, 0.5) is 13.2 Å². The molecule has 2 rings (SSSR count). The molecule has 0 bridgehead atoms. The molecule has 0 aliphatic carbocycles. The number of hydrogen-bond donors (Lipinski definition) is 0. The number of carbonyl (C=O) groups excluding carboxylic acids is 1. The maximum atomic E-state index is 12.1. The zero-order valence-corrected chi connectivity index (χ0v) is 11.4. The van der Waals surface area contributed by atoms with Crippen molar-refractivity contribution in [1.29, 1.82) is 0 Å². The standard InChI is InChI=1S/C15H16F3NO2/c1-11(19-8-2-3-12(9-19)10-20)13-4-6-14(7-5-13)21-15(16,17)18/h4-7,10,12H,1-3,8-9H2. The molecule has 114 valence electrons. The Balaban J connectivity index is 2.04. The number of carbonyl (C=O) groups is 1. The van der Waals surface area contributed by atoms with E-state index in [1.807, 2.05) is 4.90 Å². The highest BCUT2D eigenvalue weighted by atomic mass is 19.4. The topological polar surface area (TPSA) is 29.5 Å². The van der Waals surface area contributed by atoms with Crippen molar-refractivity contribution in [3.8, 4) is 5.75 Å². The molecule has 0 amide bonds. The molecular weight excluding hydrogens is 283 g/mol. The quantitative estimate of drug-likeness (QED) is 0.797. The monoisotopic (exact) mass is 299 g/mol. The van der Waals surface area contributed by atoms with Gasteiger partial charge in [0, 0.05) is 24.7 Å². The van der Waals surface area contributed by atoms with Gasteiger partial charge in [0.15, 0.2) is 0 Å². The van der Waals surface area contributed by atoms with Crippen molar-refractivity contribution in [3.05, 3.63) is 36.4 Å². The number of likely N-dealkylation sites (tertiary alicyclic amines) is 1. The summed E-state index contributed by atoms with van der Waals surface area (Å²) >= 11 is 0. The predicted molar refractivity (Wildman–Crippen MR) is 72.5 cm³/mol. The van der Waals surface area contributed by atoms with Gasteiger partial charge in [-0.3, -0.25) is 0 Å². The van der Waals surface area contributed by atoms with Crippen molar-refractivity contribution in [1.82, 2.24) is 4.90 Å². The zero-order valence-electron chi connectivity index (χ0n) is 11.4. The number of piperidine rings is 1. The first-order valence-electron chi connectivity index (χ1n) is 6.64. The molecule has 1 atom stereocenters. The summed E-state index contributed by atoms with van der Waals surface area (Å²) in [4.78, 5) is 12.9. The van der Waals surface area contributed by atoms with E-state index < -0.39 is 6.36 Å². The summed E-state index contributed by atoms with van der Waals surface area (Å²) < 4.78 is 40.1. The van der Waals surface area contributed by atoms with Gasteiger partial charge in [0.2, 0.25) is 0 Å². The summed E-state index contributed by atoms with van der Waals surface area (Å²) in [5.41, 5.74) is 1.43. The van der Waals surface area contributed by atoms with Crippen molar-refractivity contribution in [3.63, 3.8) is 0 Å². The average molecular weight is 299 g/mol. The van der Waals surface area contributed by atoms with E-state index in [0.717, 1.165) is 31.2 Å². The summed E-state index contributed by atoms with van der Waals surface area (Å²) in [6.45, 7) is 5.36. The van der Waals surface area contributed by atoms with Crippen molar-refractivity contribution < 1.29 is 22.7 Å². The summed E-state index contributed by atoms with van der Waals surface area (Å²) in [5, 5.41) is 0. The van der Waals surface area contributed by atoms with Gasteiger partial charge in [0.05, 0.1) is 0 Å². The Labute approximate surface area is 121 Å². The Bertz CT molecular complexity index is 511. The fourth-order valence-corrected chi connectivity index (χ4v) is 2.40. The van der Waals surface area contributed by atoms with Crippen LogP contribution in [0.5, 0.6) is 5.75 Å². The highest BCUT2D eigenvalue weighted by Crippen LogP contribution is 2.27. The first-order valence-corrected chi connectivity index (χ1v) is 6.64. The van der Waals surface area contributed by atoms with Crippen LogP contribution >= 0.6 is 0 Å². The lowest BCUT2D eigenvalue weighted by Crippen LogP contribution is -2.34.